The van der Waals surface area contributed by atoms with Crippen molar-refractivity contribution in [2.75, 3.05) is 39.8 Å². The summed E-state index contributed by atoms with van der Waals surface area (Å²) in [7, 11) is 2.20. The molecule has 0 aliphatic carbocycles. The molecule has 0 spiro atoms. The third kappa shape index (κ3) is 4.64. The summed E-state index contributed by atoms with van der Waals surface area (Å²) in [6.45, 7) is 6.92. The average Bonchev–Trinajstić information content (AvgIpc) is 2.98. The number of benzene rings is 1. The summed E-state index contributed by atoms with van der Waals surface area (Å²) >= 11 is 1.48. The molecule has 1 amide bonds. The van der Waals surface area contributed by atoms with Crippen LogP contribution in [0.4, 0.5) is 0 Å². The van der Waals surface area contributed by atoms with Gasteiger partial charge in [-0.1, -0.05) is 31.5 Å². The highest BCUT2D eigenvalue weighted by Crippen LogP contribution is 2.32. The number of nitrogens with one attached hydrogen (secondary N) is 1. The van der Waals surface area contributed by atoms with Gasteiger partial charge in [-0.05, 0) is 30.3 Å². The van der Waals surface area contributed by atoms with Crippen LogP contribution in [-0.4, -0.2) is 55.8 Å². The Bertz CT molecular complexity index is 679. The van der Waals surface area contributed by atoms with Gasteiger partial charge in [0.05, 0.1) is 44.7 Å². The maximum Gasteiger partial charge on any atom is 0.286 e. The van der Waals surface area contributed by atoms with Gasteiger partial charge in [0.1, 0.15) is 5.75 Å². The molecule has 1 aromatic rings. The lowest BCUT2D eigenvalue weighted by atomic mass is 10.2. The first-order valence-corrected chi connectivity index (χ1v) is 9.79. The van der Waals surface area contributed by atoms with Gasteiger partial charge in [0.25, 0.3) is 5.91 Å². The normalized spacial score (nSPS) is 20.2. The first-order valence-electron chi connectivity index (χ1n) is 8.98. The fourth-order valence-corrected chi connectivity index (χ4v) is 3.77. The van der Waals surface area contributed by atoms with Crippen molar-refractivity contribution < 1.29 is 14.4 Å². The van der Waals surface area contributed by atoms with E-state index in [-0.39, 0.29) is 5.91 Å². The zero-order chi connectivity index (χ0) is 17.6. The van der Waals surface area contributed by atoms with Gasteiger partial charge >= 0.3 is 0 Å². The van der Waals surface area contributed by atoms with Gasteiger partial charge < -0.3 is 14.5 Å². The van der Waals surface area contributed by atoms with E-state index in [4.69, 9.17) is 4.74 Å². The summed E-state index contributed by atoms with van der Waals surface area (Å²) < 4.78 is 5.86. The number of amides is 1. The lowest BCUT2D eigenvalue weighted by Gasteiger charge is -2.30. The lowest BCUT2D eigenvalue weighted by molar-refractivity contribution is -0.883. The van der Waals surface area contributed by atoms with Crippen molar-refractivity contribution in [2.45, 2.75) is 19.8 Å². The number of carbonyl (C=O) groups excluding carboxylic acids is 1. The quantitative estimate of drug-likeness (QED) is 0.641. The first kappa shape index (κ1) is 18.0. The average molecular weight is 361 g/mol. The molecule has 1 saturated heterocycles. The second-order valence-corrected chi connectivity index (χ2v) is 7.50. The van der Waals surface area contributed by atoms with E-state index in [0.29, 0.717) is 11.5 Å². The van der Waals surface area contributed by atoms with Crippen LogP contribution in [0.1, 0.15) is 25.3 Å². The van der Waals surface area contributed by atoms with Gasteiger partial charge in [0, 0.05) is 5.56 Å². The molecule has 25 heavy (non-hydrogen) atoms. The molecule has 2 heterocycles. The van der Waals surface area contributed by atoms with Gasteiger partial charge in [-0.2, -0.15) is 4.99 Å². The largest absolute Gasteiger partial charge is 0.493 e. The molecule has 5 nitrogen and oxygen atoms in total. The van der Waals surface area contributed by atoms with Crippen LogP contribution in [0.5, 0.6) is 5.75 Å². The first-order chi connectivity index (χ1) is 12.2. The van der Waals surface area contributed by atoms with Crippen molar-refractivity contribution in [3.8, 4) is 5.75 Å². The molecule has 0 atom stereocenters. The third-order valence-corrected chi connectivity index (χ3v) is 5.50. The highest BCUT2D eigenvalue weighted by Gasteiger charge is 2.29. The summed E-state index contributed by atoms with van der Waals surface area (Å²) in [5.41, 5.74) is 0.939. The van der Waals surface area contributed by atoms with Crippen molar-refractivity contribution in [3.05, 3.63) is 34.7 Å². The smallest absolute Gasteiger partial charge is 0.286 e. The van der Waals surface area contributed by atoms with Gasteiger partial charge in [-0.15, -0.1) is 0 Å². The number of quaternary nitrogens is 1. The summed E-state index contributed by atoms with van der Waals surface area (Å²) in [5, 5.41) is 0.841. The Kier molecular flexibility index (Phi) is 6.15. The number of aliphatic imine (C=N–C) groups is 1. The minimum Gasteiger partial charge on any atom is -0.493 e. The minimum absolute atomic E-state index is 0.144. The maximum atomic E-state index is 12.3. The van der Waals surface area contributed by atoms with Gasteiger partial charge in [0.15, 0.2) is 5.17 Å². The lowest BCUT2D eigenvalue weighted by Crippen LogP contribution is -3.12. The number of amidine groups is 1. The second-order valence-electron chi connectivity index (χ2n) is 6.49. The number of hydrogen-bond donors (Lipinski definition) is 1. The number of thioether (sulfide) groups is 1. The predicted octanol–water partition coefficient (Wildman–Crippen LogP) is 1.67. The number of nitrogens with zero attached hydrogens (tertiary/aromatic N) is 2. The van der Waals surface area contributed by atoms with Crippen LogP contribution >= 0.6 is 11.8 Å². The number of ether oxygens (including phenoxy) is 1. The minimum atomic E-state index is -0.144. The number of para-hydroxylation sites is 1. The molecule has 1 fully saturated rings. The molecule has 0 saturated carbocycles. The van der Waals surface area contributed by atoms with E-state index >= 15 is 0 Å². The van der Waals surface area contributed by atoms with Crippen LogP contribution in [0, 0.1) is 0 Å². The number of piperazine rings is 1. The highest BCUT2D eigenvalue weighted by molar-refractivity contribution is 8.18. The van der Waals surface area contributed by atoms with Crippen LogP contribution in [0.15, 0.2) is 34.2 Å². The summed E-state index contributed by atoms with van der Waals surface area (Å²) in [5.74, 6) is 0.683. The van der Waals surface area contributed by atoms with E-state index in [1.54, 1.807) is 0 Å². The summed E-state index contributed by atoms with van der Waals surface area (Å²) in [6.07, 6.45) is 4.03. The molecule has 0 bridgehead atoms. The second kappa shape index (κ2) is 8.54. The van der Waals surface area contributed by atoms with E-state index in [1.165, 1.54) is 16.7 Å². The molecule has 0 unspecified atom stereocenters. The fourth-order valence-electron chi connectivity index (χ4n) is 2.81. The van der Waals surface area contributed by atoms with Crippen LogP contribution in [0.25, 0.3) is 6.08 Å². The van der Waals surface area contributed by atoms with Crippen LogP contribution < -0.4 is 9.64 Å². The van der Waals surface area contributed by atoms with Crippen LogP contribution in [0.2, 0.25) is 0 Å². The zero-order valence-corrected chi connectivity index (χ0v) is 15.8. The molecule has 134 valence electrons. The number of rotatable bonds is 5. The highest BCUT2D eigenvalue weighted by atomic mass is 32.2. The zero-order valence-electron chi connectivity index (χ0n) is 15.0. The van der Waals surface area contributed by atoms with Crippen LogP contribution in [0.3, 0.4) is 0 Å². The van der Waals surface area contributed by atoms with Crippen molar-refractivity contribution in [1.82, 2.24) is 4.90 Å². The monoisotopic (exact) mass is 360 g/mol. The van der Waals surface area contributed by atoms with Gasteiger partial charge in [0.2, 0.25) is 0 Å². The molecule has 6 heteroatoms. The summed E-state index contributed by atoms with van der Waals surface area (Å²) in [6, 6.07) is 7.87. The van der Waals surface area contributed by atoms with Gasteiger partial charge in [-0.25, -0.2) is 0 Å². The van der Waals surface area contributed by atoms with E-state index in [0.717, 1.165) is 55.5 Å². The van der Waals surface area contributed by atoms with Crippen molar-refractivity contribution in [2.24, 2.45) is 4.99 Å². The van der Waals surface area contributed by atoms with Crippen molar-refractivity contribution in [1.29, 1.82) is 0 Å². The molecule has 0 radical (unpaired) electrons. The Labute approximate surface area is 153 Å². The topological polar surface area (TPSA) is 46.3 Å². The number of carbonyl (C=O) groups is 1. The molecule has 2 aliphatic heterocycles. The summed E-state index contributed by atoms with van der Waals surface area (Å²) in [4.78, 5) is 21.0. The van der Waals surface area contributed by atoms with E-state index in [1.807, 2.05) is 30.3 Å². The Morgan fingerprint density at radius 3 is 2.84 bits per heavy atom. The molecule has 1 aromatic carbocycles. The molecule has 2 aliphatic rings. The SMILES string of the molecule is CCCCOc1ccccc1/C=C1\SC(N2CC[NH+](C)CC2)=NC1=O. The van der Waals surface area contributed by atoms with Gasteiger partial charge in [-0.3, -0.25) is 4.79 Å². The van der Waals surface area contributed by atoms with Crippen molar-refractivity contribution in [3.63, 3.8) is 0 Å². The molecular weight excluding hydrogens is 334 g/mol. The Morgan fingerprint density at radius 1 is 1.32 bits per heavy atom. The molecular formula is C19H26N3O2S+. The van der Waals surface area contributed by atoms with Crippen LogP contribution in [-0.2, 0) is 4.79 Å². The molecule has 3 rings (SSSR count). The number of likely N-dealkylation sites (N-methyl/N-ethyl adjacent to an activating group) is 1. The maximum absolute atomic E-state index is 12.3. The molecule has 1 N–H and O–H groups in total. The Morgan fingerprint density at radius 2 is 2.08 bits per heavy atom. The van der Waals surface area contributed by atoms with E-state index in [9.17, 15) is 4.79 Å². The standard InChI is InChI=1S/C19H25N3O2S/c1-3-4-13-24-16-8-6-5-7-15(16)14-17-18(23)20-19(25-17)22-11-9-21(2)10-12-22/h5-8,14H,3-4,9-13H2,1-2H3/p+1/b17-14-. The Hall–Kier alpha value is -1.79. The number of hydrogen-bond acceptors (Lipinski definition) is 4. The van der Waals surface area contributed by atoms with E-state index < -0.39 is 0 Å². The molecule has 0 aromatic heterocycles. The van der Waals surface area contributed by atoms with E-state index in [2.05, 4.69) is 23.9 Å². The predicted molar refractivity (Wildman–Crippen MR) is 103 cm³/mol. The number of unbranched alkanes of at least 4 members (excludes halogenated alkanes) is 1. The fraction of sp³-hybridized carbons (Fsp3) is 0.474. The Balaban J connectivity index is 1.70. The third-order valence-electron chi connectivity index (χ3n) is 4.46. The van der Waals surface area contributed by atoms with Crippen molar-refractivity contribution >= 4 is 28.9 Å².